The van der Waals surface area contributed by atoms with E-state index in [0.717, 1.165) is 22.8 Å². The number of rotatable bonds is 3. The summed E-state index contributed by atoms with van der Waals surface area (Å²) in [7, 11) is 3.17. The Labute approximate surface area is 93.6 Å². The Balaban J connectivity index is 2.68. The van der Waals surface area contributed by atoms with Crippen molar-refractivity contribution in [2.24, 2.45) is 0 Å². The number of hydrogen-bond donors (Lipinski definition) is 0. The lowest BCUT2D eigenvalue weighted by atomic mass is 10.1. The quantitative estimate of drug-likeness (QED) is 0.740. The average Bonchev–Trinajstić information content (AvgIpc) is 2.36. The Bertz CT molecular complexity index is 532. The SMILES string of the molecule is COc1ccc2cc(C=O)c(OC)cc2c1. The van der Waals surface area contributed by atoms with Gasteiger partial charge in [-0.25, -0.2) is 0 Å². The fourth-order valence-electron chi connectivity index (χ4n) is 1.67. The predicted molar refractivity (Wildman–Crippen MR) is 62.4 cm³/mol. The summed E-state index contributed by atoms with van der Waals surface area (Å²) in [6, 6.07) is 9.33. The largest absolute Gasteiger partial charge is 0.497 e. The van der Waals surface area contributed by atoms with Crippen LogP contribution in [-0.2, 0) is 0 Å². The van der Waals surface area contributed by atoms with Crippen LogP contribution in [0.1, 0.15) is 10.4 Å². The van der Waals surface area contributed by atoms with Crippen molar-refractivity contribution in [3.8, 4) is 11.5 Å². The smallest absolute Gasteiger partial charge is 0.153 e. The van der Waals surface area contributed by atoms with Crippen molar-refractivity contribution in [3.63, 3.8) is 0 Å². The summed E-state index contributed by atoms with van der Waals surface area (Å²) in [5.74, 6) is 1.36. The van der Waals surface area contributed by atoms with Crippen LogP contribution in [0, 0.1) is 0 Å². The topological polar surface area (TPSA) is 35.5 Å². The van der Waals surface area contributed by atoms with Gasteiger partial charge in [-0.05, 0) is 35.0 Å². The van der Waals surface area contributed by atoms with Crippen molar-refractivity contribution >= 4 is 17.1 Å². The fourth-order valence-corrected chi connectivity index (χ4v) is 1.67. The van der Waals surface area contributed by atoms with E-state index >= 15 is 0 Å². The molecule has 0 atom stereocenters. The molecule has 3 nitrogen and oxygen atoms in total. The lowest BCUT2D eigenvalue weighted by molar-refractivity contribution is 0.112. The standard InChI is InChI=1S/C13H12O3/c1-15-12-4-3-9-5-11(8-14)13(16-2)7-10(9)6-12/h3-8H,1-2H3. The molecule has 0 bridgehead atoms. The molecular weight excluding hydrogens is 204 g/mol. The maximum absolute atomic E-state index is 10.8. The van der Waals surface area contributed by atoms with Gasteiger partial charge in [0, 0.05) is 0 Å². The molecule has 0 saturated carbocycles. The van der Waals surface area contributed by atoms with Crippen LogP contribution in [0.5, 0.6) is 11.5 Å². The zero-order valence-electron chi connectivity index (χ0n) is 9.19. The van der Waals surface area contributed by atoms with Crippen LogP contribution >= 0.6 is 0 Å². The number of ether oxygens (including phenoxy) is 2. The molecule has 0 amide bonds. The molecular formula is C13H12O3. The number of methoxy groups -OCH3 is 2. The first kappa shape index (κ1) is 10.5. The summed E-state index contributed by atoms with van der Waals surface area (Å²) < 4.78 is 10.3. The Morgan fingerprint density at radius 1 is 1.00 bits per heavy atom. The van der Waals surface area contributed by atoms with Crippen LogP contribution in [0.25, 0.3) is 10.8 Å². The Kier molecular flexibility index (Phi) is 2.77. The van der Waals surface area contributed by atoms with Crippen LogP contribution < -0.4 is 9.47 Å². The molecule has 0 radical (unpaired) electrons. The summed E-state index contributed by atoms with van der Waals surface area (Å²) >= 11 is 0. The highest BCUT2D eigenvalue weighted by Crippen LogP contribution is 2.27. The van der Waals surface area contributed by atoms with Crippen molar-refractivity contribution in [3.05, 3.63) is 35.9 Å². The van der Waals surface area contributed by atoms with Gasteiger partial charge in [-0.1, -0.05) is 6.07 Å². The van der Waals surface area contributed by atoms with Crippen molar-refractivity contribution < 1.29 is 14.3 Å². The first-order valence-electron chi connectivity index (χ1n) is 4.89. The van der Waals surface area contributed by atoms with Crippen LogP contribution in [0.4, 0.5) is 0 Å². The highest BCUT2D eigenvalue weighted by Gasteiger charge is 2.05. The van der Waals surface area contributed by atoms with Crippen LogP contribution in [-0.4, -0.2) is 20.5 Å². The molecule has 0 fully saturated rings. The van der Waals surface area contributed by atoms with E-state index in [1.54, 1.807) is 20.3 Å². The monoisotopic (exact) mass is 216 g/mol. The van der Waals surface area contributed by atoms with Gasteiger partial charge in [0.25, 0.3) is 0 Å². The van der Waals surface area contributed by atoms with Crippen LogP contribution in [0.3, 0.4) is 0 Å². The molecule has 0 saturated heterocycles. The van der Waals surface area contributed by atoms with Gasteiger partial charge in [0.2, 0.25) is 0 Å². The van der Waals surface area contributed by atoms with E-state index in [0.29, 0.717) is 11.3 Å². The molecule has 16 heavy (non-hydrogen) atoms. The van der Waals surface area contributed by atoms with Crippen LogP contribution in [0.15, 0.2) is 30.3 Å². The van der Waals surface area contributed by atoms with Gasteiger partial charge in [0.1, 0.15) is 11.5 Å². The van der Waals surface area contributed by atoms with E-state index in [1.807, 2.05) is 24.3 Å². The van der Waals surface area contributed by atoms with E-state index in [1.165, 1.54) is 0 Å². The first-order valence-corrected chi connectivity index (χ1v) is 4.89. The minimum Gasteiger partial charge on any atom is -0.497 e. The molecule has 2 rings (SSSR count). The van der Waals surface area contributed by atoms with Crippen LogP contribution in [0.2, 0.25) is 0 Å². The Morgan fingerprint density at radius 3 is 2.44 bits per heavy atom. The van der Waals surface area contributed by atoms with Gasteiger partial charge in [0.05, 0.1) is 19.8 Å². The number of aldehydes is 1. The molecule has 0 spiro atoms. The third kappa shape index (κ3) is 1.72. The van der Waals surface area contributed by atoms with Crippen molar-refractivity contribution in [2.45, 2.75) is 0 Å². The lowest BCUT2D eigenvalue weighted by Gasteiger charge is -2.07. The molecule has 0 aliphatic heterocycles. The summed E-state index contributed by atoms with van der Waals surface area (Å²) in [5.41, 5.74) is 0.556. The molecule has 0 unspecified atom stereocenters. The van der Waals surface area contributed by atoms with Gasteiger partial charge < -0.3 is 9.47 Å². The summed E-state index contributed by atoms with van der Waals surface area (Å²) in [6.07, 6.45) is 0.794. The maximum Gasteiger partial charge on any atom is 0.153 e. The molecule has 0 N–H and O–H groups in total. The highest BCUT2D eigenvalue weighted by molar-refractivity contribution is 5.92. The average molecular weight is 216 g/mol. The van der Waals surface area contributed by atoms with Gasteiger partial charge in [0.15, 0.2) is 6.29 Å². The van der Waals surface area contributed by atoms with Crippen molar-refractivity contribution in [2.75, 3.05) is 14.2 Å². The van der Waals surface area contributed by atoms with Gasteiger partial charge in [-0.15, -0.1) is 0 Å². The number of hydrogen-bond acceptors (Lipinski definition) is 3. The van der Waals surface area contributed by atoms with E-state index < -0.39 is 0 Å². The number of fused-ring (bicyclic) bond motifs is 1. The Morgan fingerprint density at radius 2 is 1.81 bits per heavy atom. The second kappa shape index (κ2) is 4.23. The Hall–Kier alpha value is -2.03. The maximum atomic E-state index is 10.8. The molecule has 0 aliphatic carbocycles. The summed E-state index contributed by atoms with van der Waals surface area (Å²) in [6.45, 7) is 0. The third-order valence-corrected chi connectivity index (χ3v) is 2.52. The molecule has 2 aromatic rings. The molecule has 0 aromatic heterocycles. The second-order valence-corrected chi connectivity index (χ2v) is 3.43. The van der Waals surface area contributed by atoms with E-state index in [4.69, 9.17) is 9.47 Å². The zero-order valence-corrected chi connectivity index (χ0v) is 9.19. The van der Waals surface area contributed by atoms with Gasteiger partial charge in [-0.2, -0.15) is 0 Å². The van der Waals surface area contributed by atoms with Gasteiger partial charge >= 0.3 is 0 Å². The number of benzene rings is 2. The van der Waals surface area contributed by atoms with E-state index in [9.17, 15) is 4.79 Å². The normalized spacial score (nSPS) is 10.1. The molecule has 82 valence electrons. The molecule has 2 aromatic carbocycles. The predicted octanol–water partition coefficient (Wildman–Crippen LogP) is 2.67. The van der Waals surface area contributed by atoms with Crippen molar-refractivity contribution in [1.29, 1.82) is 0 Å². The summed E-state index contributed by atoms with van der Waals surface area (Å²) in [5, 5.41) is 1.98. The number of carbonyl (C=O) groups excluding carboxylic acids is 1. The van der Waals surface area contributed by atoms with E-state index in [-0.39, 0.29) is 0 Å². The summed E-state index contributed by atoms with van der Waals surface area (Å²) in [4.78, 5) is 10.8. The van der Waals surface area contributed by atoms with Gasteiger partial charge in [-0.3, -0.25) is 4.79 Å². The molecule has 0 aliphatic rings. The zero-order chi connectivity index (χ0) is 11.5. The van der Waals surface area contributed by atoms with E-state index in [2.05, 4.69) is 0 Å². The minimum atomic E-state index is 0.556. The lowest BCUT2D eigenvalue weighted by Crippen LogP contribution is -1.91. The molecule has 0 heterocycles. The minimum absolute atomic E-state index is 0.556. The first-order chi connectivity index (χ1) is 7.78. The fraction of sp³-hybridized carbons (Fsp3) is 0.154. The highest BCUT2D eigenvalue weighted by atomic mass is 16.5. The second-order valence-electron chi connectivity index (χ2n) is 3.43. The molecule has 3 heteroatoms. The third-order valence-electron chi connectivity index (χ3n) is 2.52. The number of carbonyl (C=O) groups is 1. The van der Waals surface area contributed by atoms with Crippen molar-refractivity contribution in [1.82, 2.24) is 0 Å².